The van der Waals surface area contributed by atoms with E-state index in [1.165, 1.54) is 6.42 Å². The molecular formula is C24H46N2O6. The number of β-amino-alcohol motifs (C(OH)–C–C–N with tert-alkyl or cyclic N) is 1. The smallest absolute Gasteiger partial charge is 0.237 e. The summed E-state index contributed by atoms with van der Waals surface area (Å²) in [5.41, 5.74) is 0. The normalized spacial score (nSPS) is 34.7. The van der Waals surface area contributed by atoms with E-state index in [1.54, 1.807) is 0 Å². The zero-order chi connectivity index (χ0) is 23.8. The minimum atomic E-state index is -1.32. The number of likely N-dealkylation sites (tertiary alicyclic amines) is 1. The lowest BCUT2D eigenvalue weighted by atomic mass is 9.85. The van der Waals surface area contributed by atoms with Crippen LogP contribution in [0.5, 0.6) is 0 Å². The minimum absolute atomic E-state index is 0.00625. The van der Waals surface area contributed by atoms with Crippen LogP contribution in [0.15, 0.2) is 0 Å². The van der Waals surface area contributed by atoms with E-state index in [0.29, 0.717) is 18.9 Å². The van der Waals surface area contributed by atoms with Gasteiger partial charge >= 0.3 is 0 Å². The summed E-state index contributed by atoms with van der Waals surface area (Å²) in [4.78, 5) is 15.4. The van der Waals surface area contributed by atoms with E-state index < -0.39 is 36.6 Å². The highest BCUT2D eigenvalue weighted by molar-refractivity contribution is 5.82. The number of nitrogens with one attached hydrogen (secondary N) is 1. The number of amides is 1. The van der Waals surface area contributed by atoms with Gasteiger partial charge in [0.05, 0.1) is 24.8 Å². The van der Waals surface area contributed by atoms with E-state index in [9.17, 15) is 25.2 Å². The summed E-state index contributed by atoms with van der Waals surface area (Å²) in [6.07, 6.45) is 1.54. The highest BCUT2D eigenvalue weighted by atomic mass is 16.5. The Bertz CT molecular complexity index is 563. The fourth-order valence-corrected chi connectivity index (χ4v) is 5.23. The standard InChI is InChI=1S/C24H46N2O6/c1-5-7-8-10-16-13-17(26(14-16)11-12-27)24(31)25-19(15(3)4)23-22(30)21(29)20(28)18(32-23)9-6-2/h15-23,27-30H,5-14H2,1-4H3,(H,25,31)/t16-,17+,18-,19-,20+,21-,22-,23-/m1/s1. The molecule has 2 aliphatic rings. The van der Waals surface area contributed by atoms with Gasteiger partial charge in [-0.1, -0.05) is 53.4 Å². The summed E-state index contributed by atoms with van der Waals surface area (Å²) in [6.45, 7) is 9.31. The second kappa shape index (κ2) is 13.2. The Morgan fingerprint density at radius 2 is 1.78 bits per heavy atom. The molecule has 0 saturated carbocycles. The number of unbranched alkanes of at least 4 members (excludes halogenated alkanes) is 2. The predicted octanol–water partition coefficient (Wildman–Crippen LogP) is 1.04. The van der Waals surface area contributed by atoms with Crippen molar-refractivity contribution in [2.45, 2.75) is 115 Å². The maximum Gasteiger partial charge on any atom is 0.237 e. The van der Waals surface area contributed by atoms with Gasteiger partial charge in [-0.3, -0.25) is 9.69 Å². The van der Waals surface area contributed by atoms with Crippen LogP contribution in [-0.2, 0) is 9.53 Å². The molecule has 0 aromatic heterocycles. The average molecular weight is 459 g/mol. The number of ether oxygens (including phenoxy) is 1. The lowest BCUT2D eigenvalue weighted by Crippen LogP contribution is -2.65. The van der Waals surface area contributed by atoms with E-state index >= 15 is 0 Å². The van der Waals surface area contributed by atoms with Crippen LogP contribution in [0.1, 0.15) is 72.6 Å². The van der Waals surface area contributed by atoms with Gasteiger partial charge in [-0.15, -0.1) is 0 Å². The van der Waals surface area contributed by atoms with Crippen molar-refractivity contribution in [1.29, 1.82) is 0 Å². The van der Waals surface area contributed by atoms with Crippen LogP contribution in [-0.4, -0.2) is 93.5 Å². The van der Waals surface area contributed by atoms with Crippen LogP contribution >= 0.6 is 0 Å². The van der Waals surface area contributed by atoms with Crippen molar-refractivity contribution in [1.82, 2.24) is 10.2 Å². The average Bonchev–Trinajstić information content (AvgIpc) is 3.16. The molecule has 2 heterocycles. The van der Waals surface area contributed by atoms with Crippen molar-refractivity contribution in [3.63, 3.8) is 0 Å². The molecule has 0 radical (unpaired) electrons. The Labute approximate surface area is 193 Å². The summed E-state index contributed by atoms with van der Waals surface area (Å²) in [6, 6.07) is -0.827. The first-order chi connectivity index (χ1) is 15.2. The van der Waals surface area contributed by atoms with E-state index in [-0.39, 0.29) is 24.5 Å². The van der Waals surface area contributed by atoms with Crippen molar-refractivity contribution in [2.24, 2.45) is 11.8 Å². The van der Waals surface area contributed by atoms with Crippen molar-refractivity contribution in [3.8, 4) is 0 Å². The quantitative estimate of drug-likeness (QED) is 0.277. The third kappa shape index (κ3) is 6.87. The van der Waals surface area contributed by atoms with Crippen LogP contribution in [0, 0.1) is 11.8 Å². The molecule has 0 spiro atoms. The van der Waals surface area contributed by atoms with Gasteiger partial charge in [0, 0.05) is 13.1 Å². The van der Waals surface area contributed by atoms with E-state index in [0.717, 1.165) is 38.6 Å². The zero-order valence-electron chi connectivity index (χ0n) is 20.3. The van der Waals surface area contributed by atoms with Gasteiger partial charge in [0.25, 0.3) is 0 Å². The van der Waals surface area contributed by atoms with Crippen LogP contribution in [0.2, 0.25) is 0 Å². The molecule has 8 nitrogen and oxygen atoms in total. The second-order valence-electron chi connectivity index (χ2n) is 10.0. The van der Waals surface area contributed by atoms with Gasteiger partial charge in [0.2, 0.25) is 5.91 Å². The zero-order valence-corrected chi connectivity index (χ0v) is 20.3. The third-order valence-corrected chi connectivity index (χ3v) is 7.10. The number of hydrogen-bond donors (Lipinski definition) is 5. The minimum Gasteiger partial charge on any atom is -0.395 e. The van der Waals surface area contributed by atoms with E-state index in [1.807, 2.05) is 20.8 Å². The number of rotatable bonds is 12. The van der Waals surface area contributed by atoms with Crippen molar-refractivity contribution >= 4 is 5.91 Å². The van der Waals surface area contributed by atoms with E-state index in [4.69, 9.17) is 4.74 Å². The third-order valence-electron chi connectivity index (χ3n) is 7.10. The van der Waals surface area contributed by atoms with Gasteiger partial charge in [-0.25, -0.2) is 0 Å². The first-order valence-corrected chi connectivity index (χ1v) is 12.6. The van der Waals surface area contributed by atoms with Crippen molar-refractivity contribution < 1.29 is 30.0 Å². The molecule has 5 N–H and O–H groups in total. The molecule has 0 aliphatic carbocycles. The number of carbonyl (C=O) groups is 1. The molecule has 188 valence electrons. The number of aliphatic hydroxyl groups is 4. The molecule has 2 rings (SSSR count). The van der Waals surface area contributed by atoms with Crippen LogP contribution < -0.4 is 5.32 Å². The van der Waals surface area contributed by atoms with Crippen LogP contribution in [0.4, 0.5) is 0 Å². The molecule has 8 atom stereocenters. The Hall–Kier alpha value is -0.770. The summed E-state index contributed by atoms with van der Waals surface area (Å²) in [5.74, 6) is 0.263. The Balaban J connectivity index is 2.10. The molecular weight excluding hydrogens is 412 g/mol. The molecule has 0 unspecified atom stereocenters. The Morgan fingerprint density at radius 3 is 2.38 bits per heavy atom. The fraction of sp³-hybridized carbons (Fsp3) is 0.958. The van der Waals surface area contributed by atoms with Gasteiger partial charge in [0.15, 0.2) is 0 Å². The summed E-state index contributed by atoms with van der Waals surface area (Å²) in [7, 11) is 0. The Morgan fingerprint density at radius 1 is 1.06 bits per heavy atom. The maximum atomic E-state index is 13.3. The summed E-state index contributed by atoms with van der Waals surface area (Å²) < 4.78 is 6.04. The fourth-order valence-electron chi connectivity index (χ4n) is 5.23. The number of carbonyl (C=O) groups excluding carboxylic acids is 1. The molecule has 0 bridgehead atoms. The number of hydrogen-bond acceptors (Lipinski definition) is 7. The molecule has 1 amide bonds. The SMILES string of the molecule is CCCCC[C@@H]1C[C@@H](C(=O)N[C@H](C(C)C)[C@H]2O[C@H](CCC)[C@H](O)[C@@H](O)[C@H]2O)N(CCO)C1. The monoisotopic (exact) mass is 458 g/mol. The number of aliphatic hydroxyl groups excluding tert-OH is 4. The molecule has 8 heteroatoms. The predicted molar refractivity (Wildman–Crippen MR) is 123 cm³/mol. The topological polar surface area (TPSA) is 122 Å². The van der Waals surface area contributed by atoms with Crippen LogP contribution in [0.3, 0.4) is 0 Å². The first-order valence-electron chi connectivity index (χ1n) is 12.6. The highest BCUT2D eigenvalue weighted by Crippen LogP contribution is 2.30. The van der Waals surface area contributed by atoms with Crippen molar-refractivity contribution in [2.75, 3.05) is 19.7 Å². The molecule has 0 aromatic carbocycles. The Kier molecular flexibility index (Phi) is 11.3. The van der Waals surface area contributed by atoms with Crippen LogP contribution in [0.25, 0.3) is 0 Å². The first kappa shape index (κ1) is 27.5. The summed E-state index contributed by atoms with van der Waals surface area (Å²) in [5, 5.41) is 43.9. The maximum absolute atomic E-state index is 13.3. The van der Waals surface area contributed by atoms with E-state index in [2.05, 4.69) is 17.1 Å². The molecule has 2 aliphatic heterocycles. The molecule has 0 aromatic rings. The summed E-state index contributed by atoms with van der Waals surface area (Å²) >= 11 is 0. The van der Waals surface area contributed by atoms with Crippen molar-refractivity contribution in [3.05, 3.63) is 0 Å². The van der Waals surface area contributed by atoms with Gasteiger partial charge in [-0.2, -0.15) is 0 Å². The molecule has 2 fully saturated rings. The lowest BCUT2D eigenvalue weighted by molar-refractivity contribution is -0.232. The van der Waals surface area contributed by atoms with Gasteiger partial charge in [-0.05, 0) is 31.1 Å². The molecule has 32 heavy (non-hydrogen) atoms. The lowest BCUT2D eigenvalue weighted by Gasteiger charge is -2.45. The van der Waals surface area contributed by atoms with Gasteiger partial charge < -0.3 is 30.5 Å². The second-order valence-corrected chi connectivity index (χ2v) is 10.0. The van der Waals surface area contributed by atoms with Gasteiger partial charge in [0.1, 0.15) is 24.4 Å². The number of nitrogens with zero attached hydrogens (tertiary/aromatic N) is 1. The molecule has 2 saturated heterocycles. The largest absolute Gasteiger partial charge is 0.395 e. The highest BCUT2D eigenvalue weighted by Gasteiger charge is 2.48.